The predicted octanol–water partition coefficient (Wildman–Crippen LogP) is 5.69. The second-order valence-corrected chi connectivity index (χ2v) is 11.8. The van der Waals surface area contributed by atoms with Gasteiger partial charge in [-0.25, -0.2) is 4.98 Å². The SMILES string of the molecule is Cc1nc(C)c(C(=O)N2CCC(COc3cccc(Cl)c3)(CC(=O)N3CCc4ccccc4C3)CC2)s1. The summed E-state index contributed by atoms with van der Waals surface area (Å²) in [7, 11) is 0. The molecule has 0 bridgehead atoms. The second kappa shape index (κ2) is 10.8. The molecule has 37 heavy (non-hydrogen) atoms. The van der Waals surface area contributed by atoms with Crippen molar-refractivity contribution >= 4 is 34.8 Å². The zero-order chi connectivity index (χ0) is 26.0. The molecule has 5 rings (SSSR count). The molecule has 2 amide bonds. The van der Waals surface area contributed by atoms with Crippen molar-refractivity contribution in [2.24, 2.45) is 5.41 Å². The van der Waals surface area contributed by atoms with E-state index in [9.17, 15) is 9.59 Å². The van der Waals surface area contributed by atoms with Gasteiger partial charge in [0, 0.05) is 43.0 Å². The van der Waals surface area contributed by atoms with Gasteiger partial charge in [0.2, 0.25) is 5.91 Å². The Labute approximate surface area is 227 Å². The summed E-state index contributed by atoms with van der Waals surface area (Å²) in [4.78, 5) is 35.8. The van der Waals surface area contributed by atoms with Gasteiger partial charge in [-0.3, -0.25) is 9.59 Å². The van der Waals surface area contributed by atoms with E-state index in [1.54, 1.807) is 6.07 Å². The van der Waals surface area contributed by atoms with Crippen molar-refractivity contribution in [1.82, 2.24) is 14.8 Å². The first-order chi connectivity index (χ1) is 17.8. The summed E-state index contributed by atoms with van der Waals surface area (Å²) in [5.74, 6) is 0.879. The van der Waals surface area contributed by atoms with Crippen molar-refractivity contribution in [3.05, 3.63) is 80.3 Å². The number of likely N-dealkylation sites (tertiary alicyclic amines) is 1. The molecule has 0 unspecified atom stereocenters. The zero-order valence-electron chi connectivity index (χ0n) is 21.3. The first-order valence-electron chi connectivity index (χ1n) is 12.8. The van der Waals surface area contributed by atoms with Crippen LogP contribution in [0.4, 0.5) is 0 Å². The van der Waals surface area contributed by atoms with Gasteiger partial charge < -0.3 is 14.5 Å². The predicted molar refractivity (Wildman–Crippen MR) is 146 cm³/mol. The van der Waals surface area contributed by atoms with Gasteiger partial charge in [-0.05, 0) is 62.4 Å². The molecule has 2 aliphatic rings. The van der Waals surface area contributed by atoms with Crippen LogP contribution in [0.3, 0.4) is 0 Å². The van der Waals surface area contributed by atoms with E-state index in [0.717, 1.165) is 23.7 Å². The van der Waals surface area contributed by atoms with Crippen molar-refractivity contribution in [2.75, 3.05) is 26.2 Å². The van der Waals surface area contributed by atoms with Crippen LogP contribution in [0.15, 0.2) is 48.5 Å². The molecule has 0 radical (unpaired) electrons. The minimum Gasteiger partial charge on any atom is -0.493 e. The highest BCUT2D eigenvalue weighted by Crippen LogP contribution is 2.38. The largest absolute Gasteiger partial charge is 0.493 e. The summed E-state index contributed by atoms with van der Waals surface area (Å²) >= 11 is 7.61. The summed E-state index contributed by atoms with van der Waals surface area (Å²) in [6.07, 6.45) is 2.68. The first-order valence-corrected chi connectivity index (χ1v) is 14.0. The highest BCUT2D eigenvalue weighted by molar-refractivity contribution is 7.13. The number of hydrogen-bond acceptors (Lipinski definition) is 5. The number of aryl methyl sites for hydroxylation is 2. The summed E-state index contributed by atoms with van der Waals surface area (Å²) < 4.78 is 6.21. The number of benzene rings is 2. The Hall–Kier alpha value is -2.90. The molecule has 0 saturated carbocycles. The number of nitrogens with zero attached hydrogens (tertiary/aromatic N) is 3. The van der Waals surface area contributed by atoms with E-state index in [1.165, 1.54) is 22.5 Å². The van der Waals surface area contributed by atoms with E-state index in [0.29, 0.717) is 61.2 Å². The van der Waals surface area contributed by atoms with Crippen molar-refractivity contribution < 1.29 is 14.3 Å². The molecular weight excluding hydrogens is 506 g/mol. The molecule has 1 aromatic heterocycles. The van der Waals surface area contributed by atoms with E-state index in [1.807, 2.05) is 47.9 Å². The number of halogens is 1. The molecule has 1 saturated heterocycles. The highest BCUT2D eigenvalue weighted by atomic mass is 35.5. The van der Waals surface area contributed by atoms with Crippen molar-refractivity contribution in [2.45, 2.75) is 46.1 Å². The van der Waals surface area contributed by atoms with Crippen molar-refractivity contribution in [1.29, 1.82) is 0 Å². The third kappa shape index (κ3) is 5.83. The molecular formula is C29H32ClN3O3S. The monoisotopic (exact) mass is 537 g/mol. The van der Waals surface area contributed by atoms with E-state index in [2.05, 4.69) is 23.2 Å². The van der Waals surface area contributed by atoms with Crippen LogP contribution in [0, 0.1) is 19.3 Å². The van der Waals surface area contributed by atoms with Crippen LogP contribution < -0.4 is 4.74 Å². The number of fused-ring (bicyclic) bond motifs is 1. The molecule has 1 fully saturated rings. The Balaban J connectivity index is 1.30. The molecule has 6 nitrogen and oxygen atoms in total. The lowest BCUT2D eigenvalue weighted by Gasteiger charge is -2.42. The third-order valence-corrected chi connectivity index (χ3v) is 8.86. The molecule has 2 aliphatic heterocycles. The van der Waals surface area contributed by atoms with Crippen LogP contribution in [-0.4, -0.2) is 52.8 Å². The number of thiazole rings is 1. The maximum atomic E-state index is 13.6. The molecule has 8 heteroatoms. The standard InChI is InChI=1S/C29H32ClN3O3S/c1-20-27(37-21(2)31-20)28(35)32-14-11-29(12-15-32,19-36-25-9-5-8-24(30)16-25)17-26(34)33-13-10-22-6-3-4-7-23(22)18-33/h3-9,16H,10-15,17-19H2,1-2H3. The van der Waals surface area contributed by atoms with Gasteiger partial charge in [-0.1, -0.05) is 41.9 Å². The quantitative estimate of drug-likeness (QED) is 0.405. The number of hydrogen-bond donors (Lipinski definition) is 0. The van der Waals surface area contributed by atoms with Crippen LogP contribution in [0.2, 0.25) is 5.02 Å². The molecule has 2 aromatic carbocycles. The summed E-state index contributed by atoms with van der Waals surface area (Å²) in [6.45, 7) is 6.77. The number of aromatic nitrogens is 1. The van der Waals surface area contributed by atoms with Gasteiger partial charge in [0.05, 0.1) is 17.3 Å². The maximum absolute atomic E-state index is 13.6. The molecule has 194 valence electrons. The maximum Gasteiger partial charge on any atom is 0.265 e. The zero-order valence-corrected chi connectivity index (χ0v) is 22.9. The number of amides is 2. The van der Waals surface area contributed by atoms with Crippen molar-refractivity contribution in [3.63, 3.8) is 0 Å². The van der Waals surface area contributed by atoms with Crippen LogP contribution in [-0.2, 0) is 17.8 Å². The van der Waals surface area contributed by atoms with Crippen LogP contribution in [0.1, 0.15) is 50.8 Å². The number of carbonyl (C=O) groups is 2. The van der Waals surface area contributed by atoms with E-state index >= 15 is 0 Å². The fourth-order valence-corrected chi connectivity index (χ4v) is 6.43. The minimum absolute atomic E-state index is 0.0337. The Bertz CT molecular complexity index is 1300. The normalized spacial score (nSPS) is 16.8. The Morgan fingerprint density at radius 2 is 1.78 bits per heavy atom. The fourth-order valence-electron chi connectivity index (χ4n) is 5.36. The lowest BCUT2D eigenvalue weighted by atomic mass is 9.75. The van der Waals surface area contributed by atoms with Gasteiger partial charge in [-0.2, -0.15) is 0 Å². The first kappa shape index (κ1) is 25.7. The fraction of sp³-hybridized carbons (Fsp3) is 0.414. The van der Waals surface area contributed by atoms with E-state index in [4.69, 9.17) is 16.3 Å². The van der Waals surface area contributed by atoms with Gasteiger partial charge in [0.15, 0.2) is 0 Å². The number of piperidine rings is 1. The van der Waals surface area contributed by atoms with Gasteiger partial charge in [-0.15, -0.1) is 11.3 Å². The van der Waals surface area contributed by atoms with Crippen LogP contribution in [0.25, 0.3) is 0 Å². The molecule has 0 N–H and O–H groups in total. The molecule has 0 atom stereocenters. The average molecular weight is 538 g/mol. The summed E-state index contributed by atoms with van der Waals surface area (Å²) in [5, 5.41) is 1.51. The minimum atomic E-state index is -0.355. The van der Waals surface area contributed by atoms with Crippen LogP contribution >= 0.6 is 22.9 Å². The van der Waals surface area contributed by atoms with Crippen LogP contribution in [0.5, 0.6) is 5.75 Å². The lowest BCUT2D eigenvalue weighted by Crippen LogP contribution is -2.48. The van der Waals surface area contributed by atoms with E-state index < -0.39 is 0 Å². The van der Waals surface area contributed by atoms with Gasteiger partial charge in [0.25, 0.3) is 5.91 Å². The second-order valence-electron chi connectivity index (χ2n) is 10.2. The van der Waals surface area contributed by atoms with Gasteiger partial charge in [0.1, 0.15) is 10.6 Å². The number of carbonyl (C=O) groups excluding carboxylic acids is 2. The molecule has 3 aromatic rings. The van der Waals surface area contributed by atoms with E-state index in [-0.39, 0.29) is 17.2 Å². The topological polar surface area (TPSA) is 62.7 Å². The Morgan fingerprint density at radius 1 is 1.03 bits per heavy atom. The lowest BCUT2D eigenvalue weighted by molar-refractivity contribution is -0.136. The Morgan fingerprint density at radius 3 is 2.49 bits per heavy atom. The third-order valence-electron chi connectivity index (χ3n) is 7.56. The smallest absolute Gasteiger partial charge is 0.265 e. The molecule has 0 aliphatic carbocycles. The average Bonchev–Trinajstić information content (AvgIpc) is 3.25. The highest BCUT2D eigenvalue weighted by Gasteiger charge is 2.40. The Kier molecular flexibility index (Phi) is 7.54. The summed E-state index contributed by atoms with van der Waals surface area (Å²) in [5.41, 5.74) is 2.98. The molecule has 3 heterocycles. The van der Waals surface area contributed by atoms with Crippen molar-refractivity contribution in [3.8, 4) is 5.75 Å². The number of rotatable bonds is 6. The summed E-state index contributed by atoms with van der Waals surface area (Å²) in [6, 6.07) is 15.7. The molecule has 0 spiro atoms. The number of ether oxygens (including phenoxy) is 1. The van der Waals surface area contributed by atoms with Gasteiger partial charge >= 0.3 is 0 Å².